The second-order valence-corrected chi connectivity index (χ2v) is 2.57. The molecule has 0 aliphatic carbocycles. The van der Waals surface area contributed by atoms with Gasteiger partial charge in [0.15, 0.2) is 0 Å². The molecule has 19 heavy (non-hydrogen) atoms. The van der Waals surface area contributed by atoms with Crippen molar-refractivity contribution < 1.29 is 85.0 Å². The van der Waals surface area contributed by atoms with Gasteiger partial charge in [0.05, 0.1) is 0 Å². The smallest absolute Gasteiger partial charge is 0.726 e. The SMILES string of the molecule is N.N.O.O.O.O.O.O.O=S(=O)([O-])O.[Fe+2].[O]S(=O)(=O)O. The van der Waals surface area contributed by atoms with Crippen LogP contribution in [0.15, 0.2) is 0 Å². The van der Waals surface area contributed by atoms with Crippen LogP contribution in [0.1, 0.15) is 0 Å². The van der Waals surface area contributed by atoms with Gasteiger partial charge in [-0.15, -0.1) is 0 Å². The van der Waals surface area contributed by atoms with Gasteiger partial charge in [-0.2, -0.15) is 8.42 Å². The average Bonchev–Trinajstić information content (AvgIpc) is 1.12. The van der Waals surface area contributed by atoms with Crippen molar-refractivity contribution in [2.75, 3.05) is 0 Å². The molecule has 16 nitrogen and oxygen atoms in total. The molecular weight excluding hydrogens is 372 g/mol. The van der Waals surface area contributed by atoms with Gasteiger partial charge in [-0.25, -0.2) is 8.42 Å². The average molecular weight is 392 g/mol. The van der Waals surface area contributed by atoms with Crippen molar-refractivity contribution in [1.29, 1.82) is 0 Å². The van der Waals surface area contributed by atoms with Crippen LogP contribution in [-0.2, 0) is 42.4 Å². The van der Waals surface area contributed by atoms with Crippen molar-refractivity contribution in [3.8, 4) is 0 Å². The molecule has 0 aromatic rings. The molecular formula is H20FeN2O14S2+. The van der Waals surface area contributed by atoms with Gasteiger partial charge in [0.1, 0.15) is 0 Å². The van der Waals surface area contributed by atoms with Gasteiger partial charge in [0.25, 0.3) is 0 Å². The Morgan fingerprint density at radius 2 is 0.684 bits per heavy atom. The predicted octanol–water partition coefficient (Wildman–Crippen LogP) is -6.40. The van der Waals surface area contributed by atoms with E-state index in [0.29, 0.717) is 0 Å². The zero-order valence-corrected chi connectivity index (χ0v) is 11.7. The largest absolute Gasteiger partial charge is 2.00 e. The van der Waals surface area contributed by atoms with Crippen LogP contribution in [0.2, 0.25) is 0 Å². The standard InChI is InChI=1S/Fe.2H3N.H2O4S.HO4S.6H2O/c;;;2*1-5(2,3)4;;;;;;/h;2*1H3;(H2,1,2,3,4);(H,1,2,3);6*1H2/q+2;;;;;;;;;;/p-1. The minimum atomic E-state index is -4.92. The molecule has 0 amide bonds. The molecule has 19 heteroatoms. The maximum Gasteiger partial charge on any atom is 2.00 e. The van der Waals surface area contributed by atoms with Gasteiger partial charge in [-0.05, 0) is 0 Å². The number of hydrogen-bond acceptors (Lipinski definition) is 7. The fraction of sp³-hybridized carbons (Fsp3) is 0. The van der Waals surface area contributed by atoms with Crippen LogP contribution in [0, 0.1) is 0 Å². The molecule has 0 aliphatic heterocycles. The summed E-state index contributed by atoms with van der Waals surface area (Å²) >= 11 is 0. The number of rotatable bonds is 0. The third-order valence-corrected chi connectivity index (χ3v) is 0. The van der Waals surface area contributed by atoms with E-state index in [9.17, 15) is 0 Å². The summed E-state index contributed by atoms with van der Waals surface area (Å²) in [6, 6.07) is 0. The fourth-order valence-corrected chi connectivity index (χ4v) is 0. The minimum absolute atomic E-state index is 0. The van der Waals surface area contributed by atoms with E-state index in [-0.39, 0.29) is 62.2 Å². The summed E-state index contributed by atoms with van der Waals surface area (Å²) in [6.07, 6.45) is 0. The summed E-state index contributed by atoms with van der Waals surface area (Å²) in [5.41, 5.74) is 0. The molecule has 0 saturated carbocycles. The van der Waals surface area contributed by atoms with E-state index in [4.69, 9.17) is 35.0 Å². The molecule has 0 atom stereocenters. The maximum atomic E-state index is 8.63. The van der Waals surface area contributed by atoms with Crippen LogP contribution in [0.5, 0.6) is 0 Å². The molecule has 0 aromatic carbocycles. The van der Waals surface area contributed by atoms with Crippen LogP contribution < -0.4 is 12.3 Å². The molecule has 0 spiro atoms. The van der Waals surface area contributed by atoms with E-state index in [2.05, 4.69) is 0 Å². The molecule has 0 fully saturated rings. The summed E-state index contributed by atoms with van der Waals surface area (Å²) in [4.78, 5) is 0. The molecule has 0 bridgehead atoms. The molecule has 0 aromatic heterocycles. The van der Waals surface area contributed by atoms with Crippen LogP contribution in [0.3, 0.4) is 0 Å². The van der Waals surface area contributed by atoms with Gasteiger partial charge in [-0.1, -0.05) is 4.55 Å². The Morgan fingerprint density at radius 1 is 0.684 bits per heavy atom. The van der Waals surface area contributed by atoms with Crippen molar-refractivity contribution in [2.24, 2.45) is 0 Å². The maximum absolute atomic E-state index is 8.63. The Hall–Kier alpha value is -0.0605. The topological polar surface area (TPSA) is 411 Å². The van der Waals surface area contributed by atoms with E-state index < -0.39 is 20.8 Å². The van der Waals surface area contributed by atoms with Crippen molar-refractivity contribution >= 4 is 20.8 Å². The Morgan fingerprint density at radius 3 is 0.684 bits per heavy atom. The normalized spacial score (nSPS) is 6.11. The first kappa shape index (κ1) is 96.7. The summed E-state index contributed by atoms with van der Waals surface area (Å²) in [5.74, 6) is 0. The van der Waals surface area contributed by atoms with Crippen LogP contribution >= 0.6 is 0 Å². The molecule has 0 unspecified atom stereocenters. The van der Waals surface area contributed by atoms with Crippen LogP contribution in [0.25, 0.3) is 0 Å². The van der Waals surface area contributed by atoms with Crippen molar-refractivity contribution in [1.82, 2.24) is 12.3 Å². The molecule has 133 valence electrons. The first-order chi connectivity index (χ1) is 4.00. The van der Waals surface area contributed by atoms with E-state index >= 15 is 0 Å². The third kappa shape index (κ3) is 1240000. The Labute approximate surface area is 118 Å². The summed E-state index contributed by atoms with van der Waals surface area (Å²) in [5, 5.41) is 0. The Balaban J connectivity index is -0.00000000508. The number of hydrogen-bond donors (Lipinski definition) is 4. The predicted molar refractivity (Wildman–Crippen MR) is 56.3 cm³/mol. The van der Waals surface area contributed by atoms with E-state index in [1.807, 2.05) is 0 Å². The van der Waals surface area contributed by atoms with E-state index in [1.165, 1.54) is 0 Å². The van der Waals surface area contributed by atoms with Gasteiger partial charge in [-0.3, -0.25) is 9.11 Å². The van der Waals surface area contributed by atoms with Gasteiger partial charge in [0.2, 0.25) is 10.4 Å². The second-order valence-electron chi connectivity index (χ2n) is 0.855. The van der Waals surface area contributed by atoms with E-state index in [1.54, 1.807) is 0 Å². The molecule has 0 aliphatic rings. The molecule has 0 heterocycles. The molecule has 0 saturated heterocycles. The van der Waals surface area contributed by atoms with Crippen molar-refractivity contribution in [3.63, 3.8) is 0 Å². The fourth-order valence-electron chi connectivity index (χ4n) is 0. The first-order valence-electron chi connectivity index (χ1n) is 1.37. The second kappa shape index (κ2) is 36.1. The van der Waals surface area contributed by atoms with Crippen LogP contribution in [0.4, 0.5) is 0 Å². The summed E-state index contributed by atoms with van der Waals surface area (Å²) in [6.45, 7) is 0. The minimum Gasteiger partial charge on any atom is -0.726 e. The quantitative estimate of drug-likeness (QED) is 0.172. The molecule has 0 rings (SSSR count). The summed E-state index contributed by atoms with van der Waals surface area (Å²) in [7, 11) is -9.83. The third-order valence-electron chi connectivity index (χ3n) is 0. The van der Waals surface area contributed by atoms with Crippen LogP contribution in [-0.4, -0.2) is 63.4 Å². The zero-order valence-electron chi connectivity index (χ0n) is 8.93. The van der Waals surface area contributed by atoms with Crippen molar-refractivity contribution in [3.05, 3.63) is 0 Å². The van der Waals surface area contributed by atoms with Gasteiger partial charge >= 0.3 is 27.5 Å². The van der Waals surface area contributed by atoms with E-state index in [0.717, 1.165) is 0 Å². The monoisotopic (exact) mass is 392 g/mol. The first-order valence-corrected chi connectivity index (χ1v) is 4.10. The summed E-state index contributed by atoms with van der Waals surface area (Å²) < 4.78 is 65.7. The zero-order chi connectivity index (χ0) is 9.00. The molecule has 20 N–H and O–H groups in total. The van der Waals surface area contributed by atoms with Gasteiger partial charge in [0, 0.05) is 0 Å². The molecule has 1 radical (unpaired) electrons. The van der Waals surface area contributed by atoms with Crippen molar-refractivity contribution in [2.45, 2.75) is 0 Å². The Kier molecular flexibility index (Phi) is 184. The Bertz CT molecular complexity index is 220. The van der Waals surface area contributed by atoms with Gasteiger partial charge < -0.3 is 49.7 Å².